The van der Waals surface area contributed by atoms with Gasteiger partial charge in [-0.25, -0.2) is 0 Å². The van der Waals surface area contributed by atoms with Crippen LogP contribution in [-0.4, -0.2) is 29.3 Å². The number of anilines is 1. The minimum atomic E-state index is -0.600. The van der Waals surface area contributed by atoms with E-state index in [0.29, 0.717) is 11.2 Å². The normalized spacial score (nSPS) is 19.5. The second-order valence-electron chi connectivity index (χ2n) is 6.92. The van der Waals surface area contributed by atoms with Crippen LogP contribution in [0.3, 0.4) is 0 Å². The van der Waals surface area contributed by atoms with Gasteiger partial charge in [0, 0.05) is 12.1 Å². The Morgan fingerprint density at radius 3 is 2.18 bits per heavy atom. The molecule has 0 radical (unpaired) electrons. The highest BCUT2D eigenvalue weighted by molar-refractivity contribution is 6.62. The molecule has 120 valence electrons. The van der Waals surface area contributed by atoms with Crippen LogP contribution < -0.4 is 10.8 Å². The molecule has 1 N–H and O–H groups in total. The van der Waals surface area contributed by atoms with Crippen molar-refractivity contribution in [2.45, 2.75) is 58.8 Å². The van der Waals surface area contributed by atoms with Gasteiger partial charge in [-0.3, -0.25) is 10.1 Å². The Hall–Kier alpha value is -1.60. The Morgan fingerprint density at radius 2 is 1.73 bits per heavy atom. The summed E-state index contributed by atoms with van der Waals surface area (Å²) in [6.07, 6.45) is 0. The summed E-state index contributed by atoms with van der Waals surface area (Å²) >= 11 is 0. The molecule has 0 aromatic heterocycles. The Bertz CT molecular complexity index is 571. The van der Waals surface area contributed by atoms with Crippen molar-refractivity contribution in [3.05, 3.63) is 28.3 Å². The molecular weight excluding hydrogens is 283 g/mol. The monoisotopic (exact) mass is 306 g/mol. The summed E-state index contributed by atoms with van der Waals surface area (Å²) in [5, 5.41) is 14.4. The SMILES string of the molecule is CC(C)Nc1ccc(B2OC(C)(C)C(C)(C)O2)cc1[N+](=O)[O-]. The molecule has 2 rings (SSSR count). The van der Waals surface area contributed by atoms with E-state index in [1.807, 2.05) is 41.5 Å². The highest BCUT2D eigenvalue weighted by atomic mass is 16.7. The largest absolute Gasteiger partial charge is 0.495 e. The zero-order valence-corrected chi connectivity index (χ0v) is 14.0. The van der Waals surface area contributed by atoms with E-state index in [2.05, 4.69) is 5.32 Å². The molecule has 1 saturated heterocycles. The molecule has 6 nitrogen and oxygen atoms in total. The predicted octanol–water partition coefficient (Wildman–Crippen LogP) is 2.71. The quantitative estimate of drug-likeness (QED) is 0.526. The molecule has 1 aromatic rings. The number of benzene rings is 1. The smallest absolute Gasteiger partial charge is 0.399 e. The zero-order valence-electron chi connectivity index (χ0n) is 14.0. The summed E-state index contributed by atoms with van der Waals surface area (Å²) in [6, 6.07) is 5.15. The average Bonchev–Trinajstić information content (AvgIpc) is 2.57. The van der Waals surface area contributed by atoms with Crippen molar-refractivity contribution in [2.24, 2.45) is 0 Å². The molecule has 7 heteroatoms. The maximum absolute atomic E-state index is 11.3. The van der Waals surface area contributed by atoms with Gasteiger partial charge in [0.05, 0.1) is 16.1 Å². The lowest BCUT2D eigenvalue weighted by Gasteiger charge is -2.32. The van der Waals surface area contributed by atoms with E-state index in [1.54, 1.807) is 12.1 Å². The number of nitrogens with one attached hydrogen (secondary N) is 1. The molecule has 1 aliphatic heterocycles. The molecule has 1 fully saturated rings. The van der Waals surface area contributed by atoms with E-state index >= 15 is 0 Å². The summed E-state index contributed by atoms with van der Waals surface area (Å²) in [7, 11) is -0.600. The topological polar surface area (TPSA) is 73.6 Å². The average molecular weight is 306 g/mol. The Balaban J connectivity index is 2.34. The van der Waals surface area contributed by atoms with E-state index in [-0.39, 0.29) is 16.7 Å². The molecule has 22 heavy (non-hydrogen) atoms. The number of hydrogen-bond acceptors (Lipinski definition) is 5. The standard InChI is InChI=1S/C15H23BN2O4/c1-10(2)17-12-8-7-11(9-13(12)18(19)20)16-21-14(3,4)15(5,6)22-16/h7-10,17H,1-6H3. The molecule has 0 spiro atoms. The second-order valence-corrected chi connectivity index (χ2v) is 6.92. The number of rotatable bonds is 4. The van der Waals surface area contributed by atoms with Gasteiger partial charge in [-0.15, -0.1) is 0 Å². The lowest BCUT2D eigenvalue weighted by atomic mass is 9.79. The van der Waals surface area contributed by atoms with Gasteiger partial charge in [0.1, 0.15) is 5.69 Å². The molecule has 1 heterocycles. The maximum Gasteiger partial charge on any atom is 0.495 e. The van der Waals surface area contributed by atoms with Crippen molar-refractivity contribution in [2.75, 3.05) is 5.32 Å². The fraction of sp³-hybridized carbons (Fsp3) is 0.600. The van der Waals surface area contributed by atoms with Gasteiger partial charge in [0.25, 0.3) is 5.69 Å². The summed E-state index contributed by atoms with van der Waals surface area (Å²) in [5.41, 5.74) is 0.239. The lowest BCUT2D eigenvalue weighted by molar-refractivity contribution is -0.383. The van der Waals surface area contributed by atoms with E-state index in [9.17, 15) is 10.1 Å². The van der Waals surface area contributed by atoms with Gasteiger partial charge in [-0.1, -0.05) is 6.07 Å². The summed E-state index contributed by atoms with van der Waals surface area (Å²) in [4.78, 5) is 10.9. The Morgan fingerprint density at radius 1 is 1.18 bits per heavy atom. The van der Waals surface area contributed by atoms with E-state index < -0.39 is 18.3 Å². The van der Waals surface area contributed by atoms with Crippen molar-refractivity contribution in [1.82, 2.24) is 0 Å². The molecular formula is C15H23BN2O4. The van der Waals surface area contributed by atoms with Crippen LogP contribution in [0.4, 0.5) is 11.4 Å². The first kappa shape index (κ1) is 16.8. The third-order valence-electron chi connectivity index (χ3n) is 4.19. The number of nitro groups is 1. The molecule has 0 bridgehead atoms. The minimum Gasteiger partial charge on any atom is -0.399 e. The molecule has 0 atom stereocenters. The molecule has 0 aliphatic carbocycles. The molecule has 0 unspecified atom stereocenters. The van der Waals surface area contributed by atoms with Crippen LogP contribution in [0.1, 0.15) is 41.5 Å². The van der Waals surface area contributed by atoms with Crippen LogP contribution in [0.25, 0.3) is 0 Å². The van der Waals surface area contributed by atoms with E-state index in [1.165, 1.54) is 6.07 Å². The van der Waals surface area contributed by atoms with Gasteiger partial charge in [-0.05, 0) is 53.1 Å². The predicted molar refractivity (Wildman–Crippen MR) is 87.6 cm³/mol. The van der Waals surface area contributed by atoms with Crippen molar-refractivity contribution < 1.29 is 14.2 Å². The van der Waals surface area contributed by atoms with Crippen molar-refractivity contribution in [3.8, 4) is 0 Å². The van der Waals surface area contributed by atoms with Gasteiger partial charge in [-0.2, -0.15) is 0 Å². The highest BCUT2D eigenvalue weighted by Crippen LogP contribution is 2.37. The second kappa shape index (κ2) is 5.55. The third-order valence-corrected chi connectivity index (χ3v) is 4.19. The summed E-state index contributed by atoms with van der Waals surface area (Å²) < 4.78 is 11.9. The fourth-order valence-electron chi connectivity index (χ4n) is 2.26. The van der Waals surface area contributed by atoms with Gasteiger partial charge >= 0.3 is 7.12 Å². The Labute approximate surface area is 131 Å². The molecule has 1 aromatic carbocycles. The molecule has 0 saturated carbocycles. The first-order valence-electron chi connectivity index (χ1n) is 7.44. The minimum absolute atomic E-state index is 0.0286. The van der Waals surface area contributed by atoms with Crippen LogP contribution in [0.15, 0.2) is 18.2 Å². The van der Waals surface area contributed by atoms with Crippen molar-refractivity contribution in [1.29, 1.82) is 0 Å². The maximum atomic E-state index is 11.3. The molecule has 0 amide bonds. The Kier molecular flexibility index (Phi) is 4.23. The lowest BCUT2D eigenvalue weighted by Crippen LogP contribution is -2.41. The zero-order chi connectivity index (χ0) is 16.7. The fourth-order valence-corrected chi connectivity index (χ4v) is 2.26. The number of hydrogen-bond donors (Lipinski definition) is 1. The van der Waals surface area contributed by atoms with Crippen molar-refractivity contribution in [3.63, 3.8) is 0 Å². The van der Waals surface area contributed by atoms with Gasteiger partial charge in [0.15, 0.2) is 0 Å². The van der Waals surface area contributed by atoms with Crippen LogP contribution in [-0.2, 0) is 9.31 Å². The first-order chi connectivity index (χ1) is 10.0. The summed E-state index contributed by atoms with van der Waals surface area (Å²) in [6.45, 7) is 11.7. The van der Waals surface area contributed by atoms with Gasteiger partial charge in [0.2, 0.25) is 0 Å². The van der Waals surface area contributed by atoms with Crippen LogP contribution in [0.2, 0.25) is 0 Å². The summed E-state index contributed by atoms with van der Waals surface area (Å²) in [5.74, 6) is 0. The number of nitrogens with zero attached hydrogens (tertiary/aromatic N) is 1. The van der Waals surface area contributed by atoms with E-state index in [4.69, 9.17) is 9.31 Å². The first-order valence-corrected chi connectivity index (χ1v) is 7.44. The van der Waals surface area contributed by atoms with Crippen LogP contribution in [0.5, 0.6) is 0 Å². The van der Waals surface area contributed by atoms with Crippen molar-refractivity contribution >= 4 is 24.0 Å². The van der Waals surface area contributed by atoms with E-state index in [0.717, 1.165) is 0 Å². The third kappa shape index (κ3) is 3.10. The highest BCUT2D eigenvalue weighted by Gasteiger charge is 2.52. The van der Waals surface area contributed by atoms with Crippen LogP contribution in [0, 0.1) is 10.1 Å². The van der Waals surface area contributed by atoms with Crippen LogP contribution >= 0.6 is 0 Å². The van der Waals surface area contributed by atoms with Gasteiger partial charge < -0.3 is 14.6 Å². The number of nitro benzene ring substituents is 1. The molecule has 1 aliphatic rings.